The van der Waals surface area contributed by atoms with E-state index in [1.165, 1.54) is 11.8 Å². The highest BCUT2D eigenvalue weighted by molar-refractivity contribution is 6.08. The van der Waals surface area contributed by atoms with Gasteiger partial charge in [-0.1, -0.05) is 0 Å². The molecule has 9 heteroatoms. The predicted octanol–water partition coefficient (Wildman–Crippen LogP) is 0.832. The van der Waals surface area contributed by atoms with Crippen molar-refractivity contribution in [3.05, 3.63) is 36.7 Å². The smallest absolute Gasteiger partial charge is 0.244 e. The van der Waals surface area contributed by atoms with Crippen LogP contribution >= 0.6 is 0 Å². The molecule has 0 atom stereocenters. The summed E-state index contributed by atoms with van der Waals surface area (Å²) < 4.78 is 0. The number of pyridine rings is 2. The van der Waals surface area contributed by atoms with E-state index in [1.807, 2.05) is 6.07 Å². The monoisotopic (exact) mass is 340 g/mol. The van der Waals surface area contributed by atoms with Gasteiger partial charge in [0.05, 0.1) is 17.9 Å². The minimum Gasteiger partial charge on any atom is -0.359 e. The fraction of sp³-hybridized carbons (Fsp3) is 0.188. The highest BCUT2D eigenvalue weighted by Crippen LogP contribution is 2.25. The molecule has 0 radical (unpaired) electrons. The Hall–Kier alpha value is -3.49. The van der Waals surface area contributed by atoms with Gasteiger partial charge in [0.15, 0.2) is 5.82 Å². The van der Waals surface area contributed by atoms with Crippen LogP contribution in [0.25, 0.3) is 0 Å². The Morgan fingerprint density at radius 1 is 1.04 bits per heavy atom. The van der Waals surface area contributed by atoms with E-state index in [2.05, 4.69) is 25.9 Å². The fourth-order valence-electron chi connectivity index (χ4n) is 2.38. The molecule has 9 nitrogen and oxygen atoms in total. The van der Waals surface area contributed by atoms with Crippen molar-refractivity contribution in [2.45, 2.75) is 6.92 Å². The van der Waals surface area contributed by atoms with E-state index in [0.29, 0.717) is 18.1 Å². The number of rotatable bonds is 0. The van der Waals surface area contributed by atoms with Gasteiger partial charge in [-0.2, -0.15) is 0 Å². The molecule has 0 saturated heterocycles. The summed E-state index contributed by atoms with van der Waals surface area (Å²) in [5.74, 6) is 0.859. The third-order valence-electron chi connectivity index (χ3n) is 3.50. The number of hydrogen-bond donors (Lipinski definition) is 3. The van der Waals surface area contributed by atoms with Crippen LogP contribution in [0.3, 0.4) is 0 Å². The van der Waals surface area contributed by atoms with Crippen LogP contribution in [0.15, 0.2) is 36.7 Å². The van der Waals surface area contributed by atoms with Crippen molar-refractivity contribution in [1.29, 1.82) is 0 Å². The van der Waals surface area contributed by atoms with Gasteiger partial charge in [0, 0.05) is 19.3 Å². The van der Waals surface area contributed by atoms with Crippen LogP contribution in [-0.2, 0) is 14.4 Å². The molecule has 4 rings (SSSR count). The summed E-state index contributed by atoms with van der Waals surface area (Å²) in [6, 6.07) is 7.02. The van der Waals surface area contributed by atoms with Crippen LogP contribution in [-0.4, -0.2) is 40.8 Å². The van der Waals surface area contributed by atoms with E-state index in [0.717, 1.165) is 11.5 Å². The maximum absolute atomic E-state index is 11.2. The molecule has 3 N–H and O–H groups in total. The molecule has 25 heavy (non-hydrogen) atoms. The Labute approximate surface area is 143 Å². The number of fused-ring (bicyclic) bond motifs is 2. The first-order chi connectivity index (χ1) is 12.0. The topological polar surface area (TPSA) is 116 Å². The summed E-state index contributed by atoms with van der Waals surface area (Å²) in [6.45, 7) is 1.76. The molecule has 2 aromatic rings. The zero-order chi connectivity index (χ0) is 17.8. The number of aromatic nitrogens is 2. The molecule has 0 saturated carbocycles. The van der Waals surface area contributed by atoms with Gasteiger partial charge in [-0.15, -0.1) is 0 Å². The van der Waals surface area contributed by atoms with Gasteiger partial charge in [-0.05, 0) is 24.3 Å². The van der Waals surface area contributed by atoms with Gasteiger partial charge in [0.2, 0.25) is 17.7 Å². The van der Waals surface area contributed by atoms with E-state index in [9.17, 15) is 14.4 Å². The molecule has 0 aliphatic carbocycles. The summed E-state index contributed by atoms with van der Waals surface area (Å²) in [5.41, 5.74) is 1.34. The summed E-state index contributed by atoms with van der Waals surface area (Å²) in [7, 11) is 0. The van der Waals surface area contributed by atoms with E-state index < -0.39 is 0 Å². The van der Waals surface area contributed by atoms with Crippen LogP contribution < -0.4 is 20.9 Å². The summed E-state index contributed by atoms with van der Waals surface area (Å²) in [5, 5.41) is 8.23. The van der Waals surface area contributed by atoms with Crippen molar-refractivity contribution < 1.29 is 14.4 Å². The normalized spacial score (nSPS) is 14.7. The summed E-state index contributed by atoms with van der Waals surface area (Å²) in [4.78, 5) is 42.7. The lowest BCUT2D eigenvalue weighted by Crippen LogP contribution is -2.41. The minimum absolute atomic E-state index is 0.0227. The Morgan fingerprint density at radius 3 is 2.48 bits per heavy atom. The van der Waals surface area contributed by atoms with Gasteiger partial charge in [0.1, 0.15) is 12.4 Å². The van der Waals surface area contributed by atoms with Crippen LogP contribution in [0, 0.1) is 0 Å². The number of nitrogens with zero attached hydrogens (tertiary/aromatic N) is 3. The third kappa shape index (κ3) is 3.71. The lowest BCUT2D eigenvalue weighted by Gasteiger charge is -2.26. The van der Waals surface area contributed by atoms with Crippen LogP contribution in [0.5, 0.6) is 0 Å². The van der Waals surface area contributed by atoms with Crippen LogP contribution in [0.1, 0.15) is 6.92 Å². The Morgan fingerprint density at radius 2 is 1.72 bits per heavy atom. The lowest BCUT2D eigenvalue weighted by atomic mass is 10.2. The number of carbonyl (C=O) groups excluding carboxylic acids is 3. The molecule has 2 aliphatic rings. The maximum Gasteiger partial charge on any atom is 0.244 e. The second-order valence-corrected chi connectivity index (χ2v) is 5.33. The van der Waals surface area contributed by atoms with Crippen LogP contribution in [0.4, 0.5) is 23.0 Å². The van der Waals surface area contributed by atoms with Gasteiger partial charge >= 0.3 is 0 Å². The highest BCUT2D eigenvalue weighted by Gasteiger charge is 2.25. The second-order valence-electron chi connectivity index (χ2n) is 5.33. The summed E-state index contributed by atoms with van der Waals surface area (Å²) >= 11 is 0. The molecular formula is C16H16N6O3. The predicted molar refractivity (Wildman–Crippen MR) is 92.3 cm³/mol. The number of amides is 3. The minimum atomic E-state index is -0.194. The molecule has 0 unspecified atom stereocenters. The van der Waals surface area contributed by atoms with Crippen molar-refractivity contribution in [1.82, 2.24) is 9.97 Å². The van der Waals surface area contributed by atoms with Crippen LogP contribution in [0.2, 0.25) is 0 Å². The van der Waals surface area contributed by atoms with Crippen molar-refractivity contribution in [2.75, 3.05) is 33.9 Å². The molecule has 0 bridgehead atoms. The highest BCUT2D eigenvalue weighted by atomic mass is 16.2. The molecule has 3 amide bonds. The van der Waals surface area contributed by atoms with E-state index in [-0.39, 0.29) is 24.3 Å². The third-order valence-corrected chi connectivity index (χ3v) is 3.50. The molecule has 0 fully saturated rings. The van der Waals surface area contributed by atoms with E-state index in [1.54, 1.807) is 30.6 Å². The first-order valence-corrected chi connectivity index (χ1v) is 7.56. The zero-order valence-corrected chi connectivity index (χ0v) is 13.4. The maximum atomic E-state index is 11.2. The molecule has 4 heterocycles. The average Bonchev–Trinajstić information content (AvgIpc) is 2.61. The largest absolute Gasteiger partial charge is 0.359 e. The van der Waals surface area contributed by atoms with E-state index >= 15 is 0 Å². The molecule has 2 aromatic heterocycles. The lowest BCUT2D eigenvalue weighted by molar-refractivity contribution is -0.120. The Kier molecular flexibility index (Phi) is 4.55. The average molecular weight is 340 g/mol. The zero-order valence-electron chi connectivity index (χ0n) is 13.4. The number of nitrogens with one attached hydrogen (secondary N) is 3. The SMILES string of the molecule is CC(=O)N1CC(=O)Nc2cccnc21.O=C1CNc2ncccc2N1. The summed E-state index contributed by atoms with van der Waals surface area (Å²) in [6.07, 6.45) is 3.27. The Bertz CT molecular complexity index is 838. The van der Waals surface area contributed by atoms with Crippen molar-refractivity contribution in [2.24, 2.45) is 0 Å². The van der Waals surface area contributed by atoms with Crippen molar-refractivity contribution in [3.8, 4) is 0 Å². The second kappa shape index (κ2) is 6.95. The standard InChI is InChI=1S/C9H9N3O2.C7H7N3O/c1-6(13)12-5-8(14)11-7-3-2-4-10-9(7)12;11-6-4-9-7-5(10-6)2-1-3-8-7/h2-4H,5H2,1H3,(H,11,14);1-3H,4H2,(H,8,9)(H,10,11). The van der Waals surface area contributed by atoms with Gasteiger partial charge < -0.3 is 16.0 Å². The molecule has 128 valence electrons. The van der Waals surface area contributed by atoms with Gasteiger partial charge in [-0.25, -0.2) is 9.97 Å². The van der Waals surface area contributed by atoms with E-state index in [4.69, 9.17) is 0 Å². The van der Waals surface area contributed by atoms with Gasteiger partial charge in [-0.3, -0.25) is 19.3 Å². The van der Waals surface area contributed by atoms with Crippen molar-refractivity contribution in [3.63, 3.8) is 0 Å². The molecule has 0 spiro atoms. The first kappa shape index (κ1) is 16.4. The van der Waals surface area contributed by atoms with Gasteiger partial charge in [0.25, 0.3) is 0 Å². The van der Waals surface area contributed by atoms with Crippen molar-refractivity contribution >= 4 is 40.7 Å². The molecular weight excluding hydrogens is 324 g/mol. The molecule has 0 aromatic carbocycles. The number of hydrogen-bond acceptors (Lipinski definition) is 6. The number of anilines is 4. The number of carbonyl (C=O) groups is 3. The Balaban J connectivity index is 0.000000150. The molecule has 2 aliphatic heterocycles. The fourth-order valence-corrected chi connectivity index (χ4v) is 2.38. The quantitative estimate of drug-likeness (QED) is 0.654. The first-order valence-electron chi connectivity index (χ1n) is 7.56.